The molecule has 0 bridgehead atoms. The van der Waals surface area contributed by atoms with E-state index in [4.69, 9.17) is 6.42 Å². The Balaban J connectivity index is 1.92. The van der Waals surface area contributed by atoms with Crippen LogP contribution in [0.5, 0.6) is 0 Å². The number of amides is 1. The second-order valence-corrected chi connectivity index (χ2v) is 6.25. The molecule has 0 spiro atoms. The van der Waals surface area contributed by atoms with Crippen LogP contribution in [0.25, 0.3) is 0 Å². The molecular weight excluding hydrogens is 329 g/mol. The maximum absolute atomic E-state index is 12.5. The Labute approximate surface area is 145 Å². The number of allylic oxidation sites excluding steroid dienone is 1. The number of benzene rings is 1. The van der Waals surface area contributed by atoms with Crippen molar-refractivity contribution >= 4 is 5.91 Å². The smallest absolute Gasteiger partial charge is 0.358 e. The molecule has 1 N–H and O–H groups in total. The fraction of sp³-hybridized carbons (Fsp3) is 0.316. The number of hydrogen-bond acceptors (Lipinski definition) is 2. The van der Waals surface area contributed by atoms with Gasteiger partial charge in [-0.2, -0.15) is 13.2 Å². The van der Waals surface area contributed by atoms with Gasteiger partial charge in [-0.25, -0.2) is 0 Å². The number of carbonyl (C=O) groups excluding carboxylic acids is 1. The van der Waals surface area contributed by atoms with Gasteiger partial charge in [-0.15, -0.1) is 6.42 Å². The van der Waals surface area contributed by atoms with E-state index in [-0.39, 0.29) is 12.3 Å². The summed E-state index contributed by atoms with van der Waals surface area (Å²) in [7, 11) is 0. The van der Waals surface area contributed by atoms with Crippen LogP contribution in [0.4, 0.5) is 13.2 Å². The maximum Gasteiger partial charge on any atom is 0.416 e. The molecule has 1 aromatic carbocycles. The van der Waals surface area contributed by atoms with E-state index in [0.717, 1.165) is 12.1 Å². The highest BCUT2D eigenvalue weighted by Gasteiger charge is 2.30. The molecule has 1 amide bonds. The van der Waals surface area contributed by atoms with Crippen LogP contribution in [0.15, 0.2) is 48.3 Å². The van der Waals surface area contributed by atoms with Crippen LogP contribution < -0.4 is 5.32 Å². The minimum absolute atomic E-state index is 0.00286. The zero-order chi connectivity index (χ0) is 18.7. The van der Waals surface area contributed by atoms with Crippen LogP contribution in [-0.4, -0.2) is 22.9 Å². The van der Waals surface area contributed by atoms with E-state index in [2.05, 4.69) is 11.2 Å². The second kappa shape index (κ2) is 7.06. The Morgan fingerprint density at radius 3 is 2.40 bits per heavy atom. The number of rotatable bonds is 4. The van der Waals surface area contributed by atoms with Gasteiger partial charge in [0.15, 0.2) is 0 Å². The van der Waals surface area contributed by atoms with Crippen molar-refractivity contribution in [2.75, 3.05) is 6.54 Å². The Hall–Kier alpha value is -2.68. The van der Waals surface area contributed by atoms with Crippen LogP contribution in [0, 0.1) is 12.3 Å². The molecular formula is C19H19F3N2O. The van der Waals surface area contributed by atoms with Crippen molar-refractivity contribution in [1.82, 2.24) is 10.2 Å². The first-order valence-corrected chi connectivity index (χ1v) is 7.71. The molecule has 0 fully saturated rings. The van der Waals surface area contributed by atoms with Gasteiger partial charge in [0.2, 0.25) is 5.91 Å². The fourth-order valence-electron chi connectivity index (χ4n) is 2.29. The molecule has 25 heavy (non-hydrogen) atoms. The van der Waals surface area contributed by atoms with Crippen LogP contribution in [-0.2, 0) is 17.4 Å². The van der Waals surface area contributed by atoms with Gasteiger partial charge in [-0.1, -0.05) is 18.1 Å². The molecule has 1 aromatic rings. The first-order valence-electron chi connectivity index (χ1n) is 7.71. The molecule has 1 aliphatic heterocycles. The Kier molecular flexibility index (Phi) is 5.27. The number of hydrogen-bond donors (Lipinski definition) is 1. The number of terminal acetylenes is 1. The topological polar surface area (TPSA) is 32.3 Å². The lowest BCUT2D eigenvalue weighted by molar-refractivity contribution is -0.137. The summed E-state index contributed by atoms with van der Waals surface area (Å²) in [5.41, 5.74) is -0.00395. The molecule has 0 aromatic heterocycles. The van der Waals surface area contributed by atoms with Crippen LogP contribution in [0.2, 0.25) is 0 Å². The predicted molar refractivity (Wildman–Crippen MR) is 90.1 cm³/mol. The Bertz CT molecular complexity index is 737. The van der Waals surface area contributed by atoms with Gasteiger partial charge in [-0.3, -0.25) is 4.79 Å². The van der Waals surface area contributed by atoms with E-state index in [1.165, 1.54) is 12.1 Å². The number of alkyl halides is 3. The van der Waals surface area contributed by atoms with Crippen LogP contribution in [0.3, 0.4) is 0 Å². The summed E-state index contributed by atoms with van der Waals surface area (Å²) >= 11 is 0. The summed E-state index contributed by atoms with van der Waals surface area (Å²) in [6.07, 6.45) is 6.51. The summed E-state index contributed by atoms with van der Waals surface area (Å²) in [5, 5.41) is 2.74. The van der Waals surface area contributed by atoms with E-state index < -0.39 is 17.3 Å². The minimum atomic E-state index is -4.38. The van der Waals surface area contributed by atoms with Crippen LogP contribution in [0.1, 0.15) is 25.0 Å². The number of nitrogens with one attached hydrogen (secondary N) is 1. The summed E-state index contributed by atoms with van der Waals surface area (Å²) < 4.78 is 37.6. The molecule has 0 unspecified atom stereocenters. The highest BCUT2D eigenvalue weighted by atomic mass is 19.4. The van der Waals surface area contributed by atoms with Gasteiger partial charge in [-0.05, 0) is 43.7 Å². The molecule has 0 aliphatic carbocycles. The van der Waals surface area contributed by atoms with E-state index in [9.17, 15) is 18.0 Å². The average Bonchev–Trinajstić information content (AvgIpc) is 2.55. The summed E-state index contributed by atoms with van der Waals surface area (Å²) in [6, 6.07) is 4.57. The van der Waals surface area contributed by atoms with Crippen molar-refractivity contribution < 1.29 is 18.0 Å². The fourth-order valence-corrected chi connectivity index (χ4v) is 2.29. The monoisotopic (exact) mass is 348 g/mol. The third kappa shape index (κ3) is 4.90. The van der Waals surface area contributed by atoms with Crippen molar-refractivity contribution in [3.05, 3.63) is 59.4 Å². The molecule has 6 heteroatoms. The van der Waals surface area contributed by atoms with Crippen LogP contribution >= 0.6 is 0 Å². The molecule has 1 aliphatic rings. The van der Waals surface area contributed by atoms with E-state index >= 15 is 0 Å². The van der Waals surface area contributed by atoms with Crippen molar-refractivity contribution in [3.63, 3.8) is 0 Å². The van der Waals surface area contributed by atoms with Gasteiger partial charge in [0.1, 0.15) is 0 Å². The van der Waals surface area contributed by atoms with Crippen molar-refractivity contribution in [2.24, 2.45) is 0 Å². The summed E-state index contributed by atoms with van der Waals surface area (Å²) in [6.45, 7) is 4.39. The molecule has 0 atom stereocenters. The minimum Gasteiger partial charge on any atom is -0.358 e. The van der Waals surface area contributed by atoms with E-state index in [1.54, 1.807) is 6.08 Å². The molecule has 2 rings (SSSR count). The molecule has 0 saturated carbocycles. The highest BCUT2D eigenvalue weighted by Crippen LogP contribution is 2.29. The van der Waals surface area contributed by atoms with Gasteiger partial charge < -0.3 is 10.2 Å². The molecule has 132 valence electrons. The van der Waals surface area contributed by atoms with Crippen molar-refractivity contribution in [1.29, 1.82) is 0 Å². The Morgan fingerprint density at radius 2 is 1.92 bits per heavy atom. The molecule has 3 nitrogen and oxygen atoms in total. The van der Waals surface area contributed by atoms with Crippen molar-refractivity contribution in [3.8, 4) is 12.3 Å². The summed E-state index contributed by atoms with van der Waals surface area (Å²) in [5.74, 6) is 2.40. The zero-order valence-corrected chi connectivity index (χ0v) is 14.0. The Morgan fingerprint density at radius 1 is 1.28 bits per heavy atom. The SMILES string of the molecule is C#CC(C)(C)N1C=CC(NC(=O)Cc2ccc(C(F)(F)F)cc2)=CC1. The lowest BCUT2D eigenvalue weighted by atomic mass is 10.0. The number of carbonyl (C=O) groups is 1. The third-order valence-corrected chi connectivity index (χ3v) is 3.94. The van der Waals surface area contributed by atoms with E-state index in [1.807, 2.05) is 31.0 Å². The first kappa shape index (κ1) is 18.7. The molecule has 0 radical (unpaired) electrons. The lowest BCUT2D eigenvalue weighted by Crippen LogP contribution is -2.40. The zero-order valence-electron chi connectivity index (χ0n) is 14.0. The van der Waals surface area contributed by atoms with Gasteiger partial charge in [0, 0.05) is 18.4 Å². The third-order valence-electron chi connectivity index (χ3n) is 3.94. The first-order chi connectivity index (χ1) is 11.6. The standard InChI is InChI=1S/C19H19F3N2O/c1-4-18(2,3)24-11-9-16(10-12-24)23-17(25)13-14-5-7-15(8-6-14)19(20,21)22/h1,5-11H,12-13H2,2-3H3,(H,23,25). The number of halogens is 3. The van der Waals surface area contributed by atoms with Gasteiger partial charge in [0.05, 0.1) is 17.5 Å². The predicted octanol–water partition coefficient (Wildman–Crippen LogP) is 3.49. The van der Waals surface area contributed by atoms with Gasteiger partial charge >= 0.3 is 6.18 Å². The quantitative estimate of drug-likeness (QED) is 0.845. The molecule has 1 heterocycles. The normalized spacial score (nSPS) is 14.7. The highest BCUT2D eigenvalue weighted by molar-refractivity contribution is 5.80. The second-order valence-electron chi connectivity index (χ2n) is 6.25. The van der Waals surface area contributed by atoms with Crippen molar-refractivity contribution in [2.45, 2.75) is 32.0 Å². The summed E-state index contributed by atoms with van der Waals surface area (Å²) in [4.78, 5) is 14.0. The van der Waals surface area contributed by atoms with E-state index in [0.29, 0.717) is 17.8 Å². The number of nitrogens with zero attached hydrogens (tertiary/aromatic N) is 1. The maximum atomic E-state index is 12.5. The lowest BCUT2D eigenvalue weighted by Gasteiger charge is -2.34. The average molecular weight is 348 g/mol. The molecule has 0 saturated heterocycles. The van der Waals surface area contributed by atoms with Gasteiger partial charge in [0.25, 0.3) is 0 Å². The largest absolute Gasteiger partial charge is 0.416 e.